The van der Waals surface area contributed by atoms with Crippen LogP contribution in [0.3, 0.4) is 0 Å². The molecule has 0 aromatic heterocycles. The van der Waals surface area contributed by atoms with E-state index in [-0.39, 0.29) is 36.8 Å². The quantitative estimate of drug-likeness (QED) is 0.248. The lowest BCUT2D eigenvalue weighted by Gasteiger charge is -2.44. The molecule has 3 nitrogen and oxygen atoms in total. The first-order chi connectivity index (χ1) is 15.8. The smallest absolute Gasteiger partial charge is 0.416 e. The van der Waals surface area contributed by atoms with E-state index in [1.165, 1.54) is 19.2 Å². The van der Waals surface area contributed by atoms with Gasteiger partial charge in [-0.1, -0.05) is 26.0 Å². The summed E-state index contributed by atoms with van der Waals surface area (Å²) in [6.07, 6.45) is -6.15. The number of carbonyl (C=O) groups excluding carboxylic acids is 1. The SMILES string of the molecule is COC(=O)C[C@H]1CCN([C@H](CCCC(F)(F)F)CCC(C)C)[C@@H](c2ccc(C(F)(F)F)cc2)C1. The Morgan fingerprint density at radius 2 is 1.71 bits per heavy atom. The third-order valence-electron chi connectivity index (χ3n) is 6.60. The van der Waals surface area contributed by atoms with Crippen LogP contribution in [0, 0.1) is 11.8 Å². The van der Waals surface area contributed by atoms with Gasteiger partial charge in [-0.05, 0) is 74.6 Å². The molecular formula is C25H35F6NO2. The van der Waals surface area contributed by atoms with Gasteiger partial charge in [-0.25, -0.2) is 0 Å². The fourth-order valence-corrected chi connectivity index (χ4v) is 4.76. The average Bonchev–Trinajstić information content (AvgIpc) is 2.74. The maximum absolute atomic E-state index is 13.1. The van der Waals surface area contributed by atoms with E-state index in [4.69, 9.17) is 4.74 Å². The molecule has 1 fully saturated rings. The van der Waals surface area contributed by atoms with Crippen LogP contribution in [0.25, 0.3) is 0 Å². The van der Waals surface area contributed by atoms with Gasteiger partial charge in [-0.3, -0.25) is 9.69 Å². The fraction of sp³-hybridized carbons (Fsp3) is 0.720. The molecule has 1 aromatic rings. The molecule has 0 aliphatic carbocycles. The van der Waals surface area contributed by atoms with Crippen LogP contribution in [0.2, 0.25) is 0 Å². The van der Waals surface area contributed by atoms with Gasteiger partial charge in [0.2, 0.25) is 0 Å². The van der Waals surface area contributed by atoms with E-state index in [9.17, 15) is 31.1 Å². The van der Waals surface area contributed by atoms with Crippen molar-refractivity contribution in [3.63, 3.8) is 0 Å². The van der Waals surface area contributed by atoms with Gasteiger partial charge in [-0.15, -0.1) is 0 Å². The third kappa shape index (κ3) is 9.12. The predicted molar refractivity (Wildman–Crippen MR) is 118 cm³/mol. The Morgan fingerprint density at radius 3 is 2.24 bits per heavy atom. The summed E-state index contributed by atoms with van der Waals surface area (Å²) in [6, 6.07) is 4.62. The van der Waals surface area contributed by atoms with Gasteiger partial charge in [0.1, 0.15) is 0 Å². The molecule has 2 rings (SSSR count). The first-order valence-electron chi connectivity index (χ1n) is 11.9. The van der Waals surface area contributed by atoms with E-state index in [1.54, 1.807) is 0 Å². The number of rotatable bonds is 10. The van der Waals surface area contributed by atoms with Crippen molar-refractivity contribution >= 4 is 5.97 Å². The van der Waals surface area contributed by atoms with E-state index >= 15 is 0 Å². The molecule has 0 radical (unpaired) electrons. The maximum atomic E-state index is 13.1. The molecule has 0 bridgehead atoms. The van der Waals surface area contributed by atoms with Gasteiger partial charge in [-0.2, -0.15) is 26.3 Å². The van der Waals surface area contributed by atoms with Gasteiger partial charge >= 0.3 is 18.3 Å². The summed E-state index contributed by atoms with van der Waals surface area (Å²) in [4.78, 5) is 14.0. The number of hydrogen-bond acceptors (Lipinski definition) is 3. The summed E-state index contributed by atoms with van der Waals surface area (Å²) in [5, 5.41) is 0. The molecule has 1 aromatic carbocycles. The molecule has 0 N–H and O–H groups in total. The molecule has 0 amide bonds. The van der Waals surface area contributed by atoms with Crippen LogP contribution in [0.4, 0.5) is 26.3 Å². The topological polar surface area (TPSA) is 29.5 Å². The minimum atomic E-state index is -4.45. The normalized spacial score (nSPS) is 21.0. The third-order valence-corrected chi connectivity index (χ3v) is 6.60. The Balaban J connectivity index is 2.29. The zero-order chi connectivity index (χ0) is 25.5. The first kappa shape index (κ1) is 28.5. The molecule has 1 aliphatic heterocycles. The number of alkyl halides is 6. The molecule has 1 saturated heterocycles. The van der Waals surface area contributed by atoms with E-state index in [2.05, 4.69) is 18.7 Å². The summed E-state index contributed by atoms with van der Waals surface area (Å²) in [5.74, 6) is 0.0366. The van der Waals surface area contributed by atoms with Crippen molar-refractivity contribution in [1.82, 2.24) is 4.90 Å². The number of hydrogen-bond donors (Lipinski definition) is 0. The van der Waals surface area contributed by atoms with Gasteiger partial charge in [0.15, 0.2) is 0 Å². The van der Waals surface area contributed by atoms with Crippen LogP contribution in [-0.4, -0.2) is 36.7 Å². The number of methoxy groups -OCH3 is 1. The zero-order valence-electron chi connectivity index (χ0n) is 20.0. The Morgan fingerprint density at radius 1 is 1.06 bits per heavy atom. The van der Waals surface area contributed by atoms with Gasteiger partial charge in [0.25, 0.3) is 0 Å². The number of nitrogens with zero attached hydrogens (tertiary/aromatic N) is 1. The number of carbonyl (C=O) groups is 1. The highest BCUT2D eigenvalue weighted by Gasteiger charge is 2.36. The second-order valence-electron chi connectivity index (χ2n) is 9.68. The standard InChI is InChI=1S/C25H35F6NO2/c1-17(2)6-11-21(5-4-13-24(26,27)28)32-14-12-18(16-23(33)34-3)15-22(32)19-7-9-20(10-8-19)25(29,30)31/h7-10,17-18,21-22H,4-6,11-16H2,1-3H3/t18-,21+,22+/m0/s1. The fourth-order valence-electron chi connectivity index (χ4n) is 4.76. The molecule has 0 spiro atoms. The molecule has 34 heavy (non-hydrogen) atoms. The molecule has 0 unspecified atom stereocenters. The van der Waals surface area contributed by atoms with Crippen LogP contribution in [-0.2, 0) is 15.7 Å². The van der Waals surface area contributed by atoms with Crippen LogP contribution < -0.4 is 0 Å². The number of piperidine rings is 1. The first-order valence-corrected chi connectivity index (χ1v) is 11.9. The minimum absolute atomic E-state index is 0.00286. The number of benzene rings is 1. The molecule has 1 aliphatic rings. The Hall–Kier alpha value is -1.77. The monoisotopic (exact) mass is 495 g/mol. The van der Waals surface area contributed by atoms with Gasteiger partial charge < -0.3 is 4.74 Å². The number of esters is 1. The molecule has 1 heterocycles. The number of ether oxygens (including phenoxy) is 1. The molecule has 3 atom stereocenters. The lowest BCUT2D eigenvalue weighted by atomic mass is 9.83. The minimum Gasteiger partial charge on any atom is -0.469 e. The van der Waals surface area contributed by atoms with Crippen molar-refractivity contribution in [3.05, 3.63) is 35.4 Å². The van der Waals surface area contributed by atoms with Gasteiger partial charge in [0.05, 0.1) is 12.7 Å². The van der Waals surface area contributed by atoms with Crippen molar-refractivity contribution < 1.29 is 35.9 Å². The predicted octanol–water partition coefficient (Wildman–Crippen LogP) is 7.56. The lowest BCUT2D eigenvalue weighted by molar-refractivity contribution is -0.142. The van der Waals surface area contributed by atoms with Crippen molar-refractivity contribution in [3.8, 4) is 0 Å². The van der Waals surface area contributed by atoms with Crippen LogP contribution in [0.15, 0.2) is 24.3 Å². The summed E-state index contributed by atoms with van der Waals surface area (Å²) < 4.78 is 82.4. The summed E-state index contributed by atoms with van der Waals surface area (Å²) in [6.45, 7) is 4.69. The molecule has 0 saturated carbocycles. The maximum Gasteiger partial charge on any atom is 0.416 e. The number of halogens is 6. The van der Waals surface area contributed by atoms with Crippen LogP contribution >= 0.6 is 0 Å². The van der Waals surface area contributed by atoms with E-state index in [0.29, 0.717) is 43.7 Å². The average molecular weight is 496 g/mol. The van der Waals surface area contributed by atoms with E-state index in [1.807, 2.05) is 0 Å². The van der Waals surface area contributed by atoms with Gasteiger partial charge in [0, 0.05) is 24.9 Å². The van der Waals surface area contributed by atoms with Crippen LogP contribution in [0.1, 0.15) is 82.4 Å². The van der Waals surface area contributed by atoms with Crippen molar-refractivity contribution in [2.24, 2.45) is 11.8 Å². The largest absolute Gasteiger partial charge is 0.469 e. The Kier molecular flexibility index (Phi) is 10.3. The molecule has 194 valence electrons. The second-order valence-corrected chi connectivity index (χ2v) is 9.68. The summed E-state index contributed by atoms with van der Waals surface area (Å²) in [5.41, 5.74) is -0.0563. The second kappa shape index (κ2) is 12.3. The number of likely N-dealkylation sites (tertiary alicyclic amines) is 1. The highest BCUT2D eigenvalue weighted by molar-refractivity contribution is 5.69. The lowest BCUT2D eigenvalue weighted by Crippen LogP contribution is -2.44. The van der Waals surface area contributed by atoms with Crippen molar-refractivity contribution in [2.75, 3.05) is 13.7 Å². The molecule has 9 heteroatoms. The Bertz CT molecular complexity index is 760. The highest BCUT2D eigenvalue weighted by Crippen LogP contribution is 2.40. The highest BCUT2D eigenvalue weighted by atomic mass is 19.4. The summed E-state index contributed by atoms with van der Waals surface area (Å²) >= 11 is 0. The molecular weight excluding hydrogens is 460 g/mol. The van der Waals surface area contributed by atoms with Crippen molar-refractivity contribution in [1.29, 1.82) is 0 Å². The van der Waals surface area contributed by atoms with E-state index < -0.39 is 24.3 Å². The van der Waals surface area contributed by atoms with Crippen LogP contribution in [0.5, 0.6) is 0 Å². The van der Waals surface area contributed by atoms with Crippen molar-refractivity contribution in [2.45, 2.75) is 89.7 Å². The zero-order valence-corrected chi connectivity index (χ0v) is 20.0. The van der Waals surface area contributed by atoms with E-state index in [0.717, 1.165) is 18.6 Å². The Labute approximate surface area is 197 Å². The summed E-state index contributed by atoms with van der Waals surface area (Å²) in [7, 11) is 1.31.